The summed E-state index contributed by atoms with van der Waals surface area (Å²) in [7, 11) is 0. The van der Waals surface area contributed by atoms with Crippen molar-refractivity contribution in [3.8, 4) is 0 Å². The molecule has 0 aromatic carbocycles. The van der Waals surface area contributed by atoms with E-state index in [1.54, 1.807) is 0 Å². The molecule has 0 N–H and O–H groups in total. The molecule has 52 heavy (non-hydrogen) atoms. The summed E-state index contributed by atoms with van der Waals surface area (Å²) in [5.41, 5.74) is 0. The fourth-order valence-electron chi connectivity index (χ4n) is 8.14. The zero-order valence-electron chi connectivity index (χ0n) is 36.7. The first-order chi connectivity index (χ1) is 25.8. The second-order valence-corrected chi connectivity index (χ2v) is 17.2. The minimum atomic E-state index is 0.121. The van der Waals surface area contributed by atoms with Crippen LogP contribution in [0.2, 0.25) is 0 Å². The molecule has 0 aliphatic carbocycles. The zero-order valence-corrected chi connectivity index (χ0v) is 36.7. The van der Waals surface area contributed by atoms with E-state index in [1.165, 1.54) is 263 Å². The average Bonchev–Trinajstić information content (AvgIpc) is 3.15. The molecule has 0 amide bonds. The predicted molar refractivity (Wildman–Crippen MR) is 235 cm³/mol. The van der Waals surface area contributed by atoms with Crippen molar-refractivity contribution >= 4 is 5.97 Å². The molecule has 0 aliphatic rings. The molecule has 0 bridgehead atoms. The zero-order chi connectivity index (χ0) is 37.7. The van der Waals surface area contributed by atoms with Gasteiger partial charge in [-0.2, -0.15) is 0 Å². The van der Waals surface area contributed by atoms with Gasteiger partial charge in [-0.05, 0) is 19.3 Å². The Morgan fingerprint density at radius 3 is 0.712 bits per heavy atom. The van der Waals surface area contributed by atoms with Crippen LogP contribution in [0.5, 0.6) is 0 Å². The first-order valence-electron chi connectivity index (χ1n) is 24.9. The summed E-state index contributed by atoms with van der Waals surface area (Å²) in [5.74, 6) is 0.262. The van der Waals surface area contributed by atoms with Crippen LogP contribution in [0, 0.1) is 5.92 Å². The Bertz CT molecular complexity index is 644. The number of hydrogen-bond donors (Lipinski definition) is 0. The van der Waals surface area contributed by atoms with Gasteiger partial charge in [0.25, 0.3) is 0 Å². The third-order valence-corrected chi connectivity index (χ3v) is 11.9. The molecule has 1 unspecified atom stereocenters. The Balaban J connectivity index is 3.90. The molecule has 0 heterocycles. The van der Waals surface area contributed by atoms with Crippen LogP contribution in [0.25, 0.3) is 0 Å². The van der Waals surface area contributed by atoms with E-state index in [1.807, 2.05) is 0 Å². The molecule has 0 radical (unpaired) electrons. The normalized spacial score (nSPS) is 12.1. The SMILES string of the molecule is CCCCCCCCCCCCCCCCCCCCOC(=O)C(CCCCCCCCCC)CCCCCCCCCCCCCCCCCC. The van der Waals surface area contributed by atoms with Crippen molar-refractivity contribution in [2.24, 2.45) is 5.92 Å². The maximum atomic E-state index is 13.1. The van der Waals surface area contributed by atoms with Crippen LogP contribution in [-0.4, -0.2) is 12.6 Å². The highest BCUT2D eigenvalue weighted by Gasteiger charge is 2.19. The fraction of sp³-hybridized carbons (Fsp3) is 0.980. The maximum absolute atomic E-state index is 13.1. The molecule has 312 valence electrons. The van der Waals surface area contributed by atoms with E-state index in [0.717, 1.165) is 19.3 Å². The standard InChI is InChI=1S/C50H100O2/c1-4-7-10-13-16-19-21-23-25-27-28-30-32-34-36-39-42-45-48-52-50(51)49(46-43-40-37-18-15-12-9-6-3)47-44-41-38-35-33-31-29-26-24-22-20-17-14-11-8-5-2/h49H,4-48H2,1-3H3. The molecule has 1 atom stereocenters. The van der Waals surface area contributed by atoms with Gasteiger partial charge in [0.2, 0.25) is 0 Å². The summed E-state index contributed by atoms with van der Waals surface area (Å²) < 4.78 is 5.90. The number of esters is 1. The predicted octanol–water partition coefficient (Wildman–Crippen LogP) is 18.4. The Labute approximate surface area is 330 Å². The Morgan fingerprint density at radius 1 is 0.288 bits per heavy atom. The van der Waals surface area contributed by atoms with Gasteiger partial charge in [-0.25, -0.2) is 0 Å². The van der Waals surface area contributed by atoms with Crippen molar-refractivity contribution < 1.29 is 9.53 Å². The van der Waals surface area contributed by atoms with E-state index < -0.39 is 0 Å². The van der Waals surface area contributed by atoms with Crippen LogP contribution in [0.3, 0.4) is 0 Å². The van der Waals surface area contributed by atoms with Crippen molar-refractivity contribution in [1.82, 2.24) is 0 Å². The molecule has 0 aliphatic heterocycles. The fourth-order valence-corrected chi connectivity index (χ4v) is 8.14. The number of carbonyl (C=O) groups excluding carboxylic acids is 1. The molecular formula is C50H100O2. The summed E-state index contributed by atoms with van der Waals surface area (Å²) in [6.07, 6.45) is 60.2. The molecule has 2 nitrogen and oxygen atoms in total. The smallest absolute Gasteiger partial charge is 0.308 e. The number of carbonyl (C=O) groups is 1. The van der Waals surface area contributed by atoms with E-state index >= 15 is 0 Å². The van der Waals surface area contributed by atoms with E-state index in [4.69, 9.17) is 4.74 Å². The lowest BCUT2D eigenvalue weighted by atomic mass is 9.94. The van der Waals surface area contributed by atoms with Crippen LogP contribution in [-0.2, 0) is 9.53 Å². The first-order valence-corrected chi connectivity index (χ1v) is 24.9. The monoisotopic (exact) mass is 733 g/mol. The van der Waals surface area contributed by atoms with Gasteiger partial charge in [-0.1, -0.05) is 284 Å². The highest BCUT2D eigenvalue weighted by atomic mass is 16.5. The average molecular weight is 733 g/mol. The number of ether oxygens (including phenoxy) is 1. The van der Waals surface area contributed by atoms with Crippen LogP contribution in [0.1, 0.15) is 303 Å². The summed E-state index contributed by atoms with van der Waals surface area (Å²) in [6, 6.07) is 0. The number of hydrogen-bond acceptors (Lipinski definition) is 2. The lowest BCUT2D eigenvalue weighted by Crippen LogP contribution is -2.18. The maximum Gasteiger partial charge on any atom is 0.308 e. The molecule has 2 heteroatoms. The Hall–Kier alpha value is -0.530. The van der Waals surface area contributed by atoms with Crippen LogP contribution in [0.4, 0.5) is 0 Å². The third-order valence-electron chi connectivity index (χ3n) is 11.9. The molecular weight excluding hydrogens is 633 g/mol. The highest BCUT2D eigenvalue weighted by Crippen LogP contribution is 2.22. The van der Waals surface area contributed by atoms with Crippen LogP contribution < -0.4 is 0 Å². The topological polar surface area (TPSA) is 26.3 Å². The van der Waals surface area contributed by atoms with E-state index in [-0.39, 0.29) is 11.9 Å². The number of rotatable bonds is 46. The summed E-state index contributed by atoms with van der Waals surface area (Å²) >= 11 is 0. The van der Waals surface area contributed by atoms with Crippen LogP contribution in [0.15, 0.2) is 0 Å². The highest BCUT2D eigenvalue weighted by molar-refractivity contribution is 5.72. The molecule has 0 saturated heterocycles. The van der Waals surface area contributed by atoms with Gasteiger partial charge in [0.15, 0.2) is 0 Å². The number of unbranched alkanes of at least 4 members (excludes halogenated alkanes) is 39. The summed E-state index contributed by atoms with van der Waals surface area (Å²) in [5, 5.41) is 0. The lowest BCUT2D eigenvalue weighted by Gasteiger charge is -2.16. The summed E-state index contributed by atoms with van der Waals surface area (Å²) in [4.78, 5) is 13.1. The largest absolute Gasteiger partial charge is 0.465 e. The second-order valence-electron chi connectivity index (χ2n) is 17.2. The van der Waals surface area contributed by atoms with Gasteiger partial charge in [0.1, 0.15) is 0 Å². The quantitative estimate of drug-likeness (QED) is 0.0460. The van der Waals surface area contributed by atoms with Crippen molar-refractivity contribution in [2.45, 2.75) is 303 Å². The lowest BCUT2D eigenvalue weighted by molar-refractivity contribution is -0.149. The van der Waals surface area contributed by atoms with Gasteiger partial charge in [-0.3, -0.25) is 4.79 Å². The molecule has 0 aromatic rings. The van der Waals surface area contributed by atoms with Gasteiger partial charge in [0.05, 0.1) is 12.5 Å². The molecule has 0 fully saturated rings. The van der Waals surface area contributed by atoms with Crippen molar-refractivity contribution in [3.63, 3.8) is 0 Å². The van der Waals surface area contributed by atoms with E-state index in [0.29, 0.717) is 6.61 Å². The first kappa shape index (κ1) is 51.5. The van der Waals surface area contributed by atoms with Gasteiger partial charge < -0.3 is 4.74 Å². The second kappa shape index (κ2) is 46.6. The minimum absolute atomic E-state index is 0.121. The third kappa shape index (κ3) is 42.2. The van der Waals surface area contributed by atoms with E-state index in [9.17, 15) is 4.79 Å². The van der Waals surface area contributed by atoms with Crippen LogP contribution >= 0.6 is 0 Å². The van der Waals surface area contributed by atoms with Gasteiger partial charge in [0, 0.05) is 0 Å². The van der Waals surface area contributed by atoms with Crippen molar-refractivity contribution in [3.05, 3.63) is 0 Å². The Morgan fingerprint density at radius 2 is 0.481 bits per heavy atom. The minimum Gasteiger partial charge on any atom is -0.465 e. The van der Waals surface area contributed by atoms with Crippen molar-refractivity contribution in [1.29, 1.82) is 0 Å². The van der Waals surface area contributed by atoms with Gasteiger partial charge in [-0.15, -0.1) is 0 Å². The Kier molecular flexibility index (Phi) is 46.1. The molecule has 0 spiro atoms. The van der Waals surface area contributed by atoms with Crippen molar-refractivity contribution in [2.75, 3.05) is 6.61 Å². The molecule has 0 rings (SSSR count). The summed E-state index contributed by atoms with van der Waals surface area (Å²) in [6.45, 7) is 7.54. The van der Waals surface area contributed by atoms with E-state index in [2.05, 4.69) is 20.8 Å². The molecule has 0 saturated carbocycles. The van der Waals surface area contributed by atoms with Gasteiger partial charge >= 0.3 is 5.97 Å². The molecule has 0 aromatic heterocycles.